The van der Waals surface area contributed by atoms with Gasteiger partial charge in [0, 0.05) is 5.92 Å². The fraction of sp³-hybridized carbons (Fsp3) is 0.438. The molecule has 1 aliphatic heterocycles. The Hall–Kier alpha value is -1.81. The predicted molar refractivity (Wildman–Crippen MR) is 73.3 cm³/mol. The third kappa shape index (κ3) is 2.31. The molecule has 1 fully saturated rings. The third-order valence-corrected chi connectivity index (χ3v) is 4.07. The molecule has 4 heteroatoms. The number of methoxy groups -OCH3 is 1. The first-order valence-corrected chi connectivity index (χ1v) is 6.76. The van der Waals surface area contributed by atoms with Gasteiger partial charge in [-0.3, -0.25) is 4.79 Å². The van der Waals surface area contributed by atoms with Crippen LogP contribution >= 0.6 is 0 Å². The molecule has 1 aliphatic carbocycles. The molecule has 1 aromatic rings. The Balaban J connectivity index is 1.61. The van der Waals surface area contributed by atoms with E-state index in [1.807, 2.05) is 43.3 Å². The monoisotopic (exact) mass is 274 g/mol. The summed E-state index contributed by atoms with van der Waals surface area (Å²) in [6, 6.07) is 7.78. The standard InChI is InChI=1S/C16H18O4/c1-16-8-7-14(13(16)9-15(17)20-16)19-10-11-3-5-12(18-2)6-4-11/h3-8,13-14H,9-10H2,1-2H3/t13-,14+,16+/m1/s1. The maximum absolute atomic E-state index is 11.4. The van der Waals surface area contributed by atoms with Crippen molar-refractivity contribution in [2.24, 2.45) is 5.92 Å². The Labute approximate surface area is 118 Å². The van der Waals surface area contributed by atoms with E-state index in [0.29, 0.717) is 13.0 Å². The molecule has 0 unspecified atom stereocenters. The van der Waals surface area contributed by atoms with E-state index in [1.54, 1.807) is 7.11 Å². The minimum Gasteiger partial charge on any atom is -0.497 e. The van der Waals surface area contributed by atoms with Crippen molar-refractivity contribution in [3.8, 4) is 5.75 Å². The van der Waals surface area contributed by atoms with E-state index in [0.717, 1.165) is 11.3 Å². The summed E-state index contributed by atoms with van der Waals surface area (Å²) in [7, 11) is 1.65. The number of carbonyl (C=O) groups is 1. The number of hydrogen-bond donors (Lipinski definition) is 0. The van der Waals surface area contributed by atoms with Crippen LogP contribution in [0.3, 0.4) is 0 Å². The van der Waals surface area contributed by atoms with Crippen LogP contribution in [0.15, 0.2) is 36.4 Å². The normalized spacial score (nSPS) is 31.2. The van der Waals surface area contributed by atoms with Crippen LogP contribution in [0.4, 0.5) is 0 Å². The summed E-state index contributed by atoms with van der Waals surface area (Å²) in [6.07, 6.45) is 4.31. The van der Waals surface area contributed by atoms with E-state index in [2.05, 4.69) is 0 Å². The van der Waals surface area contributed by atoms with Crippen LogP contribution in [0.5, 0.6) is 5.75 Å². The molecule has 0 aromatic heterocycles. The predicted octanol–water partition coefficient (Wildman–Crippen LogP) is 2.47. The molecule has 3 atom stereocenters. The van der Waals surface area contributed by atoms with Crippen molar-refractivity contribution >= 4 is 5.97 Å². The molecule has 0 N–H and O–H groups in total. The van der Waals surface area contributed by atoms with E-state index in [-0.39, 0.29) is 18.0 Å². The van der Waals surface area contributed by atoms with Crippen molar-refractivity contribution in [1.29, 1.82) is 0 Å². The first-order chi connectivity index (χ1) is 9.60. The van der Waals surface area contributed by atoms with Crippen LogP contribution in [0.1, 0.15) is 18.9 Å². The molecule has 0 bridgehead atoms. The Morgan fingerprint density at radius 3 is 2.80 bits per heavy atom. The highest BCUT2D eigenvalue weighted by Gasteiger charge is 2.51. The summed E-state index contributed by atoms with van der Waals surface area (Å²) >= 11 is 0. The summed E-state index contributed by atoms with van der Waals surface area (Å²) in [6.45, 7) is 2.45. The van der Waals surface area contributed by atoms with Gasteiger partial charge in [-0.2, -0.15) is 0 Å². The fourth-order valence-electron chi connectivity index (χ4n) is 2.85. The highest BCUT2D eigenvalue weighted by molar-refractivity contribution is 5.74. The van der Waals surface area contributed by atoms with Gasteiger partial charge in [0.15, 0.2) is 0 Å². The highest BCUT2D eigenvalue weighted by Crippen LogP contribution is 2.42. The van der Waals surface area contributed by atoms with Crippen molar-refractivity contribution in [2.75, 3.05) is 7.11 Å². The summed E-state index contributed by atoms with van der Waals surface area (Å²) in [5, 5.41) is 0. The quantitative estimate of drug-likeness (QED) is 0.625. The van der Waals surface area contributed by atoms with E-state index >= 15 is 0 Å². The lowest BCUT2D eigenvalue weighted by Crippen LogP contribution is -2.32. The Morgan fingerprint density at radius 2 is 2.10 bits per heavy atom. The number of benzene rings is 1. The Kier molecular flexibility index (Phi) is 3.26. The molecule has 3 rings (SSSR count). The SMILES string of the molecule is COc1ccc(CO[C@H]2C=C[C@]3(C)OC(=O)C[C@H]23)cc1. The summed E-state index contributed by atoms with van der Waals surface area (Å²) in [5.41, 5.74) is 0.597. The van der Waals surface area contributed by atoms with Gasteiger partial charge < -0.3 is 14.2 Å². The van der Waals surface area contributed by atoms with Crippen molar-refractivity contribution < 1.29 is 19.0 Å². The van der Waals surface area contributed by atoms with Crippen molar-refractivity contribution in [2.45, 2.75) is 31.7 Å². The average Bonchev–Trinajstić information content (AvgIpc) is 2.89. The number of fused-ring (bicyclic) bond motifs is 1. The van der Waals surface area contributed by atoms with Crippen LogP contribution < -0.4 is 4.74 Å². The maximum Gasteiger partial charge on any atom is 0.307 e. The number of carbonyl (C=O) groups excluding carboxylic acids is 1. The minimum absolute atomic E-state index is 0.0615. The summed E-state index contributed by atoms with van der Waals surface area (Å²) in [4.78, 5) is 11.4. The first kappa shape index (κ1) is 13.2. The molecule has 1 aromatic carbocycles. The van der Waals surface area contributed by atoms with Crippen molar-refractivity contribution in [3.05, 3.63) is 42.0 Å². The van der Waals surface area contributed by atoms with Gasteiger partial charge >= 0.3 is 5.97 Å². The van der Waals surface area contributed by atoms with Crippen LogP contribution in [-0.4, -0.2) is 24.8 Å². The lowest BCUT2D eigenvalue weighted by molar-refractivity contribution is -0.144. The molecule has 2 aliphatic rings. The molecule has 0 radical (unpaired) electrons. The van der Waals surface area contributed by atoms with Gasteiger partial charge in [-0.1, -0.05) is 18.2 Å². The Bertz CT molecular complexity index is 534. The third-order valence-electron chi connectivity index (χ3n) is 4.07. The number of hydrogen-bond acceptors (Lipinski definition) is 4. The van der Waals surface area contributed by atoms with Gasteiger partial charge in [0.1, 0.15) is 11.4 Å². The molecule has 20 heavy (non-hydrogen) atoms. The second kappa shape index (κ2) is 4.94. The fourth-order valence-corrected chi connectivity index (χ4v) is 2.85. The molecular weight excluding hydrogens is 256 g/mol. The van der Waals surface area contributed by atoms with E-state index in [9.17, 15) is 4.79 Å². The molecule has 1 saturated heterocycles. The second-order valence-electron chi connectivity index (χ2n) is 5.45. The molecular formula is C16H18O4. The van der Waals surface area contributed by atoms with Gasteiger partial charge in [0.05, 0.1) is 26.2 Å². The van der Waals surface area contributed by atoms with Crippen LogP contribution in [0.2, 0.25) is 0 Å². The van der Waals surface area contributed by atoms with Gasteiger partial charge in [0.2, 0.25) is 0 Å². The van der Waals surface area contributed by atoms with E-state index in [4.69, 9.17) is 14.2 Å². The van der Waals surface area contributed by atoms with Gasteiger partial charge in [0.25, 0.3) is 0 Å². The first-order valence-electron chi connectivity index (χ1n) is 6.76. The van der Waals surface area contributed by atoms with Crippen LogP contribution in [-0.2, 0) is 20.9 Å². The van der Waals surface area contributed by atoms with Crippen molar-refractivity contribution in [1.82, 2.24) is 0 Å². The Morgan fingerprint density at radius 1 is 1.35 bits per heavy atom. The molecule has 0 amide bonds. The summed E-state index contributed by atoms with van der Waals surface area (Å²) in [5.74, 6) is 0.782. The lowest BCUT2D eigenvalue weighted by atomic mass is 9.91. The lowest BCUT2D eigenvalue weighted by Gasteiger charge is -2.24. The largest absolute Gasteiger partial charge is 0.497 e. The second-order valence-corrected chi connectivity index (χ2v) is 5.45. The number of ether oxygens (including phenoxy) is 3. The zero-order chi connectivity index (χ0) is 14.2. The molecule has 0 saturated carbocycles. The highest BCUT2D eigenvalue weighted by atomic mass is 16.6. The average molecular weight is 274 g/mol. The topological polar surface area (TPSA) is 44.8 Å². The van der Waals surface area contributed by atoms with Crippen LogP contribution in [0.25, 0.3) is 0 Å². The van der Waals surface area contributed by atoms with Crippen molar-refractivity contribution in [3.63, 3.8) is 0 Å². The molecule has 0 spiro atoms. The smallest absolute Gasteiger partial charge is 0.307 e. The minimum atomic E-state index is -0.484. The molecule has 4 nitrogen and oxygen atoms in total. The maximum atomic E-state index is 11.4. The zero-order valence-electron chi connectivity index (χ0n) is 11.7. The van der Waals surface area contributed by atoms with Gasteiger partial charge in [-0.05, 0) is 30.7 Å². The zero-order valence-corrected chi connectivity index (χ0v) is 11.7. The number of rotatable bonds is 4. The van der Waals surface area contributed by atoms with Gasteiger partial charge in [-0.25, -0.2) is 0 Å². The van der Waals surface area contributed by atoms with E-state index < -0.39 is 5.60 Å². The van der Waals surface area contributed by atoms with Crippen LogP contribution in [0, 0.1) is 5.92 Å². The summed E-state index contributed by atoms with van der Waals surface area (Å²) < 4.78 is 16.4. The molecule has 106 valence electrons. The van der Waals surface area contributed by atoms with Gasteiger partial charge in [-0.15, -0.1) is 0 Å². The van der Waals surface area contributed by atoms with E-state index in [1.165, 1.54) is 0 Å². The molecule has 1 heterocycles. The number of esters is 1.